The summed E-state index contributed by atoms with van der Waals surface area (Å²) in [6.45, 7) is 6.91. The van der Waals surface area contributed by atoms with Crippen LogP contribution in [0.2, 0.25) is 0 Å². The number of rotatable bonds is 20. The molecule has 1 atom stereocenters. The highest BCUT2D eigenvalue weighted by atomic mass is 16.5. The summed E-state index contributed by atoms with van der Waals surface area (Å²) in [4.78, 5) is 23.6. The molecule has 0 spiro atoms. The quantitative estimate of drug-likeness (QED) is 0.142. The largest absolute Gasteiger partial charge is 0.469 e. The summed E-state index contributed by atoms with van der Waals surface area (Å²) in [5.74, 6) is 0.406. The van der Waals surface area contributed by atoms with Gasteiger partial charge in [-0.2, -0.15) is 0 Å². The monoisotopic (exact) mass is 483 g/mol. The second kappa shape index (κ2) is 24.5. The first-order valence-corrected chi connectivity index (χ1v) is 13.2. The molecule has 0 radical (unpaired) electrons. The van der Waals surface area contributed by atoms with Gasteiger partial charge in [0.15, 0.2) is 0 Å². The zero-order valence-corrected chi connectivity index (χ0v) is 22.6. The van der Waals surface area contributed by atoms with Crippen LogP contribution in [0, 0.1) is 11.8 Å². The van der Waals surface area contributed by atoms with Gasteiger partial charge in [-0.25, -0.2) is 0 Å². The smallest absolute Gasteiger partial charge is 0.305 e. The van der Waals surface area contributed by atoms with E-state index in [4.69, 9.17) is 4.74 Å². The fourth-order valence-corrected chi connectivity index (χ4v) is 3.43. The summed E-state index contributed by atoms with van der Waals surface area (Å²) < 4.78 is 4.76. The van der Waals surface area contributed by atoms with Gasteiger partial charge in [-0.3, -0.25) is 9.59 Å². The van der Waals surface area contributed by atoms with Crippen LogP contribution in [0.3, 0.4) is 0 Å². The first-order valence-electron chi connectivity index (χ1n) is 13.2. The van der Waals surface area contributed by atoms with Crippen LogP contribution in [0.15, 0.2) is 72.9 Å². The lowest BCUT2D eigenvalue weighted by atomic mass is 9.94. The van der Waals surface area contributed by atoms with E-state index < -0.39 is 0 Å². The Kier molecular flexibility index (Phi) is 22.7. The zero-order valence-electron chi connectivity index (χ0n) is 22.6. The SMILES string of the molecule is CCC=CCC=CCC=CCC=CCC=CCC=CCCC(=O)NCC(CC(=O)OC)CC(C)C. The number of carbonyl (C=O) groups is 2. The Bertz CT molecular complexity index is 711. The van der Waals surface area contributed by atoms with Gasteiger partial charge >= 0.3 is 5.97 Å². The number of nitrogens with one attached hydrogen (secondary N) is 1. The third-order valence-corrected chi connectivity index (χ3v) is 5.21. The fourth-order valence-electron chi connectivity index (χ4n) is 3.43. The molecule has 0 aromatic heterocycles. The van der Waals surface area contributed by atoms with Crippen LogP contribution < -0.4 is 5.32 Å². The minimum Gasteiger partial charge on any atom is -0.469 e. The van der Waals surface area contributed by atoms with Crippen molar-refractivity contribution in [3.8, 4) is 0 Å². The van der Waals surface area contributed by atoms with Crippen molar-refractivity contribution in [3.63, 3.8) is 0 Å². The van der Waals surface area contributed by atoms with Gasteiger partial charge in [-0.05, 0) is 63.2 Å². The standard InChI is InChI=1S/C31H49NO3/c1-5-6-7-8-9-10-11-12-13-14-15-16-17-18-19-20-21-22-23-24-30(33)32-27-29(25-28(2)3)26-31(34)35-4/h6-7,9-10,12-13,15-16,18-19,21-22,28-29H,5,8,11,14,17,20,23-27H2,1-4H3,(H,32,33). The first-order chi connectivity index (χ1) is 17.0. The first kappa shape index (κ1) is 32.4. The van der Waals surface area contributed by atoms with Crippen molar-refractivity contribution >= 4 is 11.9 Å². The Labute approximate surface area is 215 Å². The van der Waals surface area contributed by atoms with Gasteiger partial charge < -0.3 is 10.1 Å². The van der Waals surface area contributed by atoms with Crippen molar-refractivity contribution in [2.24, 2.45) is 11.8 Å². The molecule has 35 heavy (non-hydrogen) atoms. The van der Waals surface area contributed by atoms with Crippen LogP contribution in [0.5, 0.6) is 0 Å². The van der Waals surface area contributed by atoms with Crippen LogP contribution in [0.25, 0.3) is 0 Å². The summed E-state index contributed by atoms with van der Waals surface area (Å²) in [7, 11) is 1.40. The maximum atomic E-state index is 12.1. The van der Waals surface area contributed by atoms with E-state index in [1.807, 2.05) is 0 Å². The lowest BCUT2D eigenvalue weighted by Gasteiger charge is -2.18. The molecule has 0 saturated heterocycles. The molecule has 0 fully saturated rings. The van der Waals surface area contributed by atoms with Crippen molar-refractivity contribution in [1.82, 2.24) is 5.32 Å². The number of allylic oxidation sites excluding steroid dienone is 12. The fraction of sp³-hybridized carbons (Fsp3) is 0.548. The molecule has 0 saturated carbocycles. The number of methoxy groups -OCH3 is 1. The molecule has 0 heterocycles. The van der Waals surface area contributed by atoms with Gasteiger partial charge in [-0.1, -0.05) is 93.7 Å². The van der Waals surface area contributed by atoms with Gasteiger partial charge in [0, 0.05) is 19.4 Å². The summed E-state index contributed by atoms with van der Waals surface area (Å²) in [5, 5.41) is 2.96. The molecule has 0 aliphatic carbocycles. The van der Waals surface area contributed by atoms with Crippen LogP contribution in [0.4, 0.5) is 0 Å². The van der Waals surface area contributed by atoms with Crippen molar-refractivity contribution in [2.75, 3.05) is 13.7 Å². The summed E-state index contributed by atoms with van der Waals surface area (Å²) in [6.07, 6.45) is 34.4. The Morgan fingerprint density at radius 3 is 1.63 bits per heavy atom. The zero-order chi connectivity index (χ0) is 26.0. The van der Waals surface area contributed by atoms with Crippen molar-refractivity contribution < 1.29 is 14.3 Å². The molecule has 1 amide bonds. The highest BCUT2D eigenvalue weighted by Gasteiger charge is 2.16. The lowest BCUT2D eigenvalue weighted by molar-refractivity contribution is -0.142. The van der Waals surface area contributed by atoms with Crippen LogP contribution in [0.1, 0.15) is 85.0 Å². The average molecular weight is 484 g/mol. The van der Waals surface area contributed by atoms with E-state index in [1.54, 1.807) is 0 Å². The molecule has 1 N–H and O–H groups in total. The second-order valence-electron chi connectivity index (χ2n) is 9.03. The Morgan fingerprint density at radius 1 is 0.743 bits per heavy atom. The number of amides is 1. The minimum atomic E-state index is -0.220. The average Bonchev–Trinajstić information content (AvgIpc) is 2.83. The molecule has 4 nitrogen and oxygen atoms in total. The number of carbonyl (C=O) groups excluding carboxylic acids is 2. The van der Waals surface area contributed by atoms with Gasteiger partial charge in [-0.15, -0.1) is 0 Å². The second-order valence-corrected chi connectivity index (χ2v) is 9.03. The van der Waals surface area contributed by atoms with E-state index in [0.29, 0.717) is 25.3 Å². The van der Waals surface area contributed by atoms with E-state index >= 15 is 0 Å². The van der Waals surface area contributed by atoms with Crippen LogP contribution >= 0.6 is 0 Å². The molecule has 4 heteroatoms. The molecule has 196 valence electrons. The van der Waals surface area contributed by atoms with E-state index in [9.17, 15) is 9.59 Å². The molecular weight excluding hydrogens is 434 g/mol. The molecule has 0 rings (SSSR count). The molecule has 1 unspecified atom stereocenters. The highest BCUT2D eigenvalue weighted by Crippen LogP contribution is 2.15. The van der Waals surface area contributed by atoms with E-state index in [0.717, 1.165) is 51.4 Å². The van der Waals surface area contributed by atoms with E-state index in [-0.39, 0.29) is 17.8 Å². The predicted octanol–water partition coefficient (Wildman–Crippen LogP) is 7.81. The number of hydrogen-bond acceptors (Lipinski definition) is 3. The Balaban J connectivity index is 3.85. The predicted molar refractivity (Wildman–Crippen MR) is 150 cm³/mol. The van der Waals surface area contributed by atoms with Crippen molar-refractivity contribution in [1.29, 1.82) is 0 Å². The lowest BCUT2D eigenvalue weighted by Crippen LogP contribution is -2.31. The van der Waals surface area contributed by atoms with Crippen LogP contribution in [-0.2, 0) is 14.3 Å². The Morgan fingerprint density at radius 2 is 1.20 bits per heavy atom. The topological polar surface area (TPSA) is 55.4 Å². The third-order valence-electron chi connectivity index (χ3n) is 5.21. The summed E-state index contributed by atoms with van der Waals surface area (Å²) >= 11 is 0. The molecule has 0 aromatic carbocycles. The summed E-state index contributed by atoms with van der Waals surface area (Å²) in [6, 6.07) is 0. The highest BCUT2D eigenvalue weighted by molar-refractivity contribution is 5.76. The molecule has 0 aliphatic rings. The molecule has 0 aromatic rings. The molecular formula is C31H49NO3. The van der Waals surface area contributed by atoms with E-state index in [1.165, 1.54) is 7.11 Å². The number of hydrogen-bond donors (Lipinski definition) is 1. The van der Waals surface area contributed by atoms with Gasteiger partial charge in [0.2, 0.25) is 5.91 Å². The number of ether oxygens (including phenoxy) is 1. The maximum Gasteiger partial charge on any atom is 0.305 e. The minimum absolute atomic E-state index is 0.0307. The Hall–Kier alpha value is -2.62. The van der Waals surface area contributed by atoms with Crippen molar-refractivity contribution in [2.45, 2.75) is 85.0 Å². The van der Waals surface area contributed by atoms with Crippen molar-refractivity contribution in [3.05, 3.63) is 72.9 Å². The van der Waals surface area contributed by atoms with Crippen LogP contribution in [-0.4, -0.2) is 25.5 Å². The number of esters is 1. The van der Waals surface area contributed by atoms with Gasteiger partial charge in [0.05, 0.1) is 7.11 Å². The van der Waals surface area contributed by atoms with Gasteiger partial charge in [0.1, 0.15) is 0 Å². The molecule has 0 aliphatic heterocycles. The molecule has 0 bridgehead atoms. The third kappa shape index (κ3) is 24.3. The normalized spacial score (nSPS) is 13.5. The van der Waals surface area contributed by atoms with Gasteiger partial charge in [0.25, 0.3) is 0 Å². The maximum absolute atomic E-state index is 12.1. The summed E-state index contributed by atoms with van der Waals surface area (Å²) in [5.41, 5.74) is 0. The van der Waals surface area contributed by atoms with E-state index in [2.05, 4.69) is 99.0 Å².